The van der Waals surface area contributed by atoms with Crippen molar-refractivity contribution >= 4 is 17.5 Å². The van der Waals surface area contributed by atoms with Crippen LogP contribution >= 0.6 is 11.6 Å². The molecule has 0 radical (unpaired) electrons. The fourth-order valence-electron chi connectivity index (χ4n) is 1.96. The van der Waals surface area contributed by atoms with Crippen molar-refractivity contribution in [1.29, 1.82) is 0 Å². The molecular formula is C13H15ClFNO2. The molecule has 2 rings (SSSR count). The zero-order valence-electron chi connectivity index (χ0n) is 10.2. The highest BCUT2D eigenvalue weighted by atomic mass is 35.5. The van der Waals surface area contributed by atoms with Gasteiger partial charge in [-0.15, -0.1) is 11.6 Å². The molecule has 1 amide bonds. The van der Waals surface area contributed by atoms with E-state index in [-0.39, 0.29) is 17.6 Å². The van der Waals surface area contributed by atoms with E-state index in [1.165, 1.54) is 12.1 Å². The Labute approximate surface area is 110 Å². The number of halogens is 2. The number of rotatable bonds is 2. The summed E-state index contributed by atoms with van der Waals surface area (Å²) >= 11 is 5.71. The molecule has 0 bridgehead atoms. The summed E-state index contributed by atoms with van der Waals surface area (Å²) in [6.07, 6.45) is -0.169. The van der Waals surface area contributed by atoms with Crippen molar-refractivity contribution < 1.29 is 13.9 Å². The first kappa shape index (κ1) is 13.3. The minimum Gasteiger partial charge on any atom is -0.373 e. The molecule has 98 valence electrons. The van der Waals surface area contributed by atoms with Crippen LogP contribution in [-0.2, 0) is 4.74 Å². The van der Waals surface area contributed by atoms with E-state index >= 15 is 0 Å². The second-order valence-electron chi connectivity index (χ2n) is 4.38. The van der Waals surface area contributed by atoms with Gasteiger partial charge >= 0.3 is 0 Å². The van der Waals surface area contributed by atoms with Gasteiger partial charge in [0.2, 0.25) is 0 Å². The molecule has 3 nitrogen and oxygen atoms in total. The molecule has 1 unspecified atom stereocenters. The number of ether oxygens (including phenoxy) is 1. The highest BCUT2D eigenvalue weighted by molar-refractivity contribution is 6.18. The predicted octanol–water partition coefficient (Wildman–Crippen LogP) is 2.21. The van der Waals surface area contributed by atoms with E-state index in [1.807, 2.05) is 0 Å². The smallest absolute Gasteiger partial charge is 0.256 e. The fraction of sp³-hybridized carbons (Fsp3) is 0.462. The number of benzene rings is 1. The average Bonchev–Trinajstić information content (AvgIpc) is 2.38. The van der Waals surface area contributed by atoms with Gasteiger partial charge in [0, 0.05) is 13.1 Å². The highest BCUT2D eigenvalue weighted by Crippen LogP contribution is 2.15. The maximum Gasteiger partial charge on any atom is 0.256 e. The van der Waals surface area contributed by atoms with Crippen molar-refractivity contribution in [2.75, 3.05) is 25.6 Å². The summed E-state index contributed by atoms with van der Waals surface area (Å²) in [7, 11) is 0. The van der Waals surface area contributed by atoms with Crippen molar-refractivity contribution in [2.45, 2.75) is 13.0 Å². The van der Waals surface area contributed by atoms with E-state index in [2.05, 4.69) is 0 Å². The molecule has 0 aromatic heterocycles. The third-order valence-corrected chi connectivity index (χ3v) is 3.30. The zero-order chi connectivity index (χ0) is 13.1. The Kier molecular flexibility index (Phi) is 4.19. The monoisotopic (exact) mass is 271 g/mol. The molecule has 0 spiro atoms. The number of morpholine rings is 1. The molecule has 1 saturated heterocycles. The van der Waals surface area contributed by atoms with Crippen molar-refractivity contribution in [1.82, 2.24) is 4.90 Å². The number of carbonyl (C=O) groups is 1. The molecule has 0 saturated carbocycles. The Morgan fingerprint density at radius 3 is 3.06 bits per heavy atom. The number of hydrogen-bond acceptors (Lipinski definition) is 2. The number of nitrogens with zero attached hydrogens (tertiary/aromatic N) is 1. The fourth-order valence-corrected chi connectivity index (χ4v) is 2.15. The Hall–Kier alpha value is -1.13. The Bertz CT molecular complexity index is 453. The number of carbonyl (C=O) groups excluding carboxylic acids is 1. The van der Waals surface area contributed by atoms with Gasteiger partial charge in [0.05, 0.1) is 24.2 Å². The molecule has 1 aliphatic rings. The van der Waals surface area contributed by atoms with Gasteiger partial charge in [-0.25, -0.2) is 4.39 Å². The quantitative estimate of drug-likeness (QED) is 0.772. The van der Waals surface area contributed by atoms with Crippen LogP contribution in [-0.4, -0.2) is 42.5 Å². The van der Waals surface area contributed by atoms with Gasteiger partial charge in [-0.1, -0.05) is 6.07 Å². The topological polar surface area (TPSA) is 29.5 Å². The van der Waals surface area contributed by atoms with E-state index in [1.54, 1.807) is 17.9 Å². The highest BCUT2D eigenvalue weighted by Gasteiger charge is 2.25. The molecule has 1 atom stereocenters. The van der Waals surface area contributed by atoms with Crippen molar-refractivity contribution in [3.8, 4) is 0 Å². The molecule has 1 aromatic rings. The summed E-state index contributed by atoms with van der Waals surface area (Å²) in [5, 5.41) is 0. The first-order chi connectivity index (χ1) is 8.61. The lowest BCUT2D eigenvalue weighted by atomic mass is 10.1. The Balaban J connectivity index is 2.15. The lowest BCUT2D eigenvalue weighted by Crippen LogP contribution is -2.46. The zero-order valence-corrected chi connectivity index (χ0v) is 10.9. The summed E-state index contributed by atoms with van der Waals surface area (Å²) < 4.78 is 19.1. The SMILES string of the molecule is Cc1ccc(C(=O)N2CCOC(CCl)C2)c(F)c1. The summed E-state index contributed by atoms with van der Waals surface area (Å²) in [6, 6.07) is 4.63. The molecule has 5 heteroatoms. The summed E-state index contributed by atoms with van der Waals surface area (Å²) in [5.74, 6) is -0.444. The van der Waals surface area contributed by atoms with Crippen LogP contribution in [0.3, 0.4) is 0 Å². The third-order valence-electron chi connectivity index (χ3n) is 2.95. The molecule has 0 aliphatic carbocycles. The van der Waals surface area contributed by atoms with Gasteiger partial charge in [-0.3, -0.25) is 4.79 Å². The standard InChI is InChI=1S/C13H15ClFNO2/c1-9-2-3-11(12(15)6-9)13(17)16-4-5-18-10(7-14)8-16/h2-3,6,10H,4-5,7-8H2,1H3. The number of amides is 1. The maximum atomic E-state index is 13.7. The molecular weight excluding hydrogens is 257 g/mol. The molecule has 1 aliphatic heterocycles. The summed E-state index contributed by atoms with van der Waals surface area (Å²) in [6.45, 7) is 3.11. The van der Waals surface area contributed by atoms with Crippen molar-refractivity contribution in [2.24, 2.45) is 0 Å². The van der Waals surface area contributed by atoms with Crippen LogP contribution in [0.4, 0.5) is 4.39 Å². The van der Waals surface area contributed by atoms with E-state index in [0.717, 1.165) is 5.56 Å². The van der Waals surface area contributed by atoms with Crippen LogP contribution in [0.1, 0.15) is 15.9 Å². The Morgan fingerprint density at radius 1 is 1.61 bits per heavy atom. The summed E-state index contributed by atoms with van der Waals surface area (Å²) in [4.78, 5) is 13.8. The Morgan fingerprint density at radius 2 is 2.39 bits per heavy atom. The van der Waals surface area contributed by atoms with Crippen LogP contribution in [0.15, 0.2) is 18.2 Å². The second kappa shape index (κ2) is 5.67. The summed E-state index contributed by atoms with van der Waals surface area (Å²) in [5.41, 5.74) is 0.903. The van der Waals surface area contributed by atoms with Gasteiger partial charge < -0.3 is 9.64 Å². The van der Waals surface area contributed by atoms with Crippen LogP contribution in [0.2, 0.25) is 0 Å². The lowest BCUT2D eigenvalue weighted by Gasteiger charge is -2.32. The van der Waals surface area contributed by atoms with Crippen LogP contribution in [0.25, 0.3) is 0 Å². The van der Waals surface area contributed by atoms with Gasteiger partial charge in [0.25, 0.3) is 5.91 Å². The van der Waals surface area contributed by atoms with E-state index in [0.29, 0.717) is 25.6 Å². The molecule has 18 heavy (non-hydrogen) atoms. The maximum absolute atomic E-state index is 13.7. The lowest BCUT2D eigenvalue weighted by molar-refractivity contribution is -0.0109. The number of aryl methyl sites for hydroxylation is 1. The van der Waals surface area contributed by atoms with E-state index in [9.17, 15) is 9.18 Å². The number of alkyl halides is 1. The van der Waals surface area contributed by atoms with E-state index < -0.39 is 5.82 Å². The molecule has 0 N–H and O–H groups in total. The first-order valence-electron chi connectivity index (χ1n) is 5.85. The van der Waals surface area contributed by atoms with Gasteiger partial charge in [-0.05, 0) is 24.6 Å². The van der Waals surface area contributed by atoms with Gasteiger partial charge in [0.15, 0.2) is 0 Å². The average molecular weight is 272 g/mol. The van der Waals surface area contributed by atoms with Crippen LogP contribution in [0.5, 0.6) is 0 Å². The molecule has 1 fully saturated rings. The minimum atomic E-state index is -0.478. The van der Waals surface area contributed by atoms with Crippen LogP contribution in [0, 0.1) is 12.7 Å². The number of hydrogen-bond donors (Lipinski definition) is 0. The predicted molar refractivity (Wildman–Crippen MR) is 67.5 cm³/mol. The van der Waals surface area contributed by atoms with Gasteiger partial charge in [0.1, 0.15) is 5.82 Å². The molecule has 1 aromatic carbocycles. The van der Waals surface area contributed by atoms with Crippen molar-refractivity contribution in [3.05, 3.63) is 35.1 Å². The first-order valence-corrected chi connectivity index (χ1v) is 6.38. The molecule has 1 heterocycles. The van der Waals surface area contributed by atoms with E-state index in [4.69, 9.17) is 16.3 Å². The minimum absolute atomic E-state index is 0.107. The van der Waals surface area contributed by atoms with Crippen molar-refractivity contribution in [3.63, 3.8) is 0 Å². The van der Waals surface area contributed by atoms with Gasteiger partial charge in [-0.2, -0.15) is 0 Å². The van der Waals surface area contributed by atoms with Crippen LogP contribution < -0.4 is 0 Å². The third kappa shape index (κ3) is 2.82. The normalized spacial score (nSPS) is 19.9. The second-order valence-corrected chi connectivity index (χ2v) is 4.69. The largest absolute Gasteiger partial charge is 0.373 e.